The SMILES string of the molecule is O=C(c1ccc(C2(O)COC2)cc1)N1CCC(Oc2ccnc3cc(C(F)(F)F)ccc23)CC1. The normalized spacial score (nSPS) is 18.5. The topological polar surface area (TPSA) is 71.9 Å². The van der Waals surface area contributed by atoms with Gasteiger partial charge < -0.3 is 19.5 Å². The molecule has 2 saturated heterocycles. The van der Waals surface area contributed by atoms with E-state index >= 15 is 0 Å². The van der Waals surface area contributed by atoms with Crippen LogP contribution in [0.2, 0.25) is 0 Å². The zero-order chi connectivity index (χ0) is 23.9. The largest absolute Gasteiger partial charge is 0.490 e. The van der Waals surface area contributed by atoms with E-state index in [2.05, 4.69) is 4.98 Å². The Hall–Kier alpha value is -3.17. The van der Waals surface area contributed by atoms with Crippen molar-refractivity contribution in [2.45, 2.75) is 30.7 Å². The molecule has 0 bridgehead atoms. The average Bonchev–Trinajstić information content (AvgIpc) is 2.82. The van der Waals surface area contributed by atoms with Crippen LogP contribution < -0.4 is 4.74 Å². The number of alkyl halides is 3. The Kier molecular flexibility index (Phi) is 5.69. The third-order valence-electron chi connectivity index (χ3n) is 6.40. The number of carbonyl (C=O) groups is 1. The number of likely N-dealkylation sites (tertiary alicyclic amines) is 1. The molecular weight excluding hydrogens is 449 g/mol. The highest BCUT2D eigenvalue weighted by atomic mass is 19.4. The molecule has 5 rings (SSSR count). The van der Waals surface area contributed by atoms with Crippen molar-refractivity contribution >= 4 is 16.8 Å². The lowest BCUT2D eigenvalue weighted by Gasteiger charge is -2.37. The summed E-state index contributed by atoms with van der Waals surface area (Å²) in [5.74, 6) is 0.396. The van der Waals surface area contributed by atoms with E-state index in [0.29, 0.717) is 42.6 Å². The van der Waals surface area contributed by atoms with Crippen molar-refractivity contribution in [2.75, 3.05) is 26.3 Å². The predicted octanol–water partition coefficient (Wildman–Crippen LogP) is 4.16. The first-order chi connectivity index (χ1) is 16.2. The number of hydrogen-bond donors (Lipinski definition) is 1. The summed E-state index contributed by atoms with van der Waals surface area (Å²) in [6, 6.07) is 12.0. The predicted molar refractivity (Wildman–Crippen MR) is 117 cm³/mol. The van der Waals surface area contributed by atoms with Crippen LogP contribution in [0.1, 0.15) is 34.3 Å². The summed E-state index contributed by atoms with van der Waals surface area (Å²) in [7, 11) is 0. The molecule has 6 nitrogen and oxygen atoms in total. The highest BCUT2D eigenvalue weighted by Gasteiger charge is 2.38. The summed E-state index contributed by atoms with van der Waals surface area (Å²) in [6.45, 7) is 1.52. The Morgan fingerprint density at radius 2 is 1.79 bits per heavy atom. The molecule has 1 aromatic heterocycles. The van der Waals surface area contributed by atoms with Gasteiger partial charge in [0.05, 0.1) is 24.3 Å². The van der Waals surface area contributed by atoms with Crippen LogP contribution in [0.15, 0.2) is 54.7 Å². The molecule has 1 amide bonds. The van der Waals surface area contributed by atoms with Gasteiger partial charge in [-0.2, -0.15) is 13.2 Å². The van der Waals surface area contributed by atoms with Crippen LogP contribution in [0.5, 0.6) is 5.75 Å². The average molecular weight is 472 g/mol. The number of pyridine rings is 1. The molecule has 0 spiro atoms. The third kappa shape index (κ3) is 4.33. The molecule has 3 aromatic rings. The number of aliphatic hydroxyl groups is 1. The highest BCUT2D eigenvalue weighted by molar-refractivity contribution is 5.94. The van der Waals surface area contributed by atoms with Gasteiger partial charge in [-0.1, -0.05) is 12.1 Å². The lowest BCUT2D eigenvalue weighted by atomic mass is 9.91. The number of halogens is 3. The monoisotopic (exact) mass is 472 g/mol. The molecule has 0 atom stereocenters. The lowest BCUT2D eigenvalue weighted by molar-refractivity contribution is -0.184. The molecule has 3 heterocycles. The van der Waals surface area contributed by atoms with Crippen LogP contribution in [0.4, 0.5) is 13.2 Å². The number of aromatic nitrogens is 1. The van der Waals surface area contributed by atoms with Crippen LogP contribution in [0.3, 0.4) is 0 Å². The second-order valence-corrected chi connectivity index (χ2v) is 8.75. The van der Waals surface area contributed by atoms with Gasteiger partial charge in [0.1, 0.15) is 17.5 Å². The summed E-state index contributed by atoms with van der Waals surface area (Å²) in [6.07, 6.45) is -1.95. The fourth-order valence-electron chi connectivity index (χ4n) is 4.32. The number of ether oxygens (including phenoxy) is 2. The van der Waals surface area contributed by atoms with Crippen molar-refractivity contribution in [1.82, 2.24) is 9.88 Å². The Balaban J connectivity index is 1.22. The molecule has 9 heteroatoms. The molecule has 0 aliphatic carbocycles. The molecule has 0 unspecified atom stereocenters. The van der Waals surface area contributed by atoms with Crippen molar-refractivity contribution in [2.24, 2.45) is 0 Å². The van der Waals surface area contributed by atoms with Gasteiger partial charge in [0, 0.05) is 43.1 Å². The number of hydrogen-bond acceptors (Lipinski definition) is 5. The Bertz CT molecular complexity index is 1200. The van der Waals surface area contributed by atoms with Gasteiger partial charge in [-0.15, -0.1) is 0 Å². The van der Waals surface area contributed by atoms with Crippen LogP contribution >= 0.6 is 0 Å². The smallest absolute Gasteiger partial charge is 0.416 e. The first-order valence-electron chi connectivity index (χ1n) is 11.1. The second-order valence-electron chi connectivity index (χ2n) is 8.75. The first-order valence-corrected chi connectivity index (χ1v) is 11.1. The van der Waals surface area contributed by atoms with E-state index in [1.165, 1.54) is 12.3 Å². The van der Waals surface area contributed by atoms with Crippen LogP contribution in [-0.2, 0) is 16.5 Å². The molecular formula is C25H23F3N2O4. The maximum absolute atomic E-state index is 13.0. The maximum Gasteiger partial charge on any atom is 0.416 e. The standard InChI is InChI=1S/C25H23F3N2O4/c26-25(27,28)18-5-6-20-21(13-18)29-10-7-22(20)34-19-8-11-30(12-9-19)23(31)16-1-3-17(4-2-16)24(32)14-33-15-24/h1-7,10,13,19,32H,8-9,11-12,14-15H2. The number of amides is 1. The Labute approximate surface area is 193 Å². The molecule has 34 heavy (non-hydrogen) atoms. The van der Waals surface area contributed by atoms with Crippen molar-refractivity contribution in [1.29, 1.82) is 0 Å². The number of rotatable bonds is 4. The molecule has 2 aromatic carbocycles. The molecule has 0 radical (unpaired) electrons. The zero-order valence-corrected chi connectivity index (χ0v) is 18.2. The number of carbonyl (C=O) groups excluding carboxylic acids is 1. The summed E-state index contributed by atoms with van der Waals surface area (Å²) in [5.41, 5.74) is -0.217. The zero-order valence-electron chi connectivity index (χ0n) is 18.2. The van der Waals surface area contributed by atoms with Crippen molar-refractivity contribution in [3.05, 3.63) is 71.4 Å². The van der Waals surface area contributed by atoms with Gasteiger partial charge in [0.25, 0.3) is 5.91 Å². The Morgan fingerprint density at radius 1 is 1.09 bits per heavy atom. The minimum atomic E-state index is -4.43. The number of benzene rings is 2. The Morgan fingerprint density at radius 3 is 2.41 bits per heavy atom. The molecule has 178 valence electrons. The summed E-state index contributed by atoms with van der Waals surface area (Å²) in [4.78, 5) is 18.7. The first kappa shape index (κ1) is 22.6. The molecule has 1 N–H and O–H groups in total. The summed E-state index contributed by atoms with van der Waals surface area (Å²) in [5, 5.41) is 10.9. The van der Waals surface area contributed by atoms with Gasteiger partial charge in [-0.25, -0.2) is 0 Å². The van der Waals surface area contributed by atoms with Gasteiger partial charge in [0.15, 0.2) is 0 Å². The fourth-order valence-corrected chi connectivity index (χ4v) is 4.32. The van der Waals surface area contributed by atoms with Crippen molar-refractivity contribution < 1.29 is 32.5 Å². The van der Waals surface area contributed by atoms with E-state index in [1.807, 2.05) is 0 Å². The summed E-state index contributed by atoms with van der Waals surface area (Å²) >= 11 is 0. The molecule has 0 saturated carbocycles. The van der Waals surface area contributed by atoms with E-state index < -0.39 is 17.3 Å². The molecule has 2 aliphatic rings. The van der Waals surface area contributed by atoms with Gasteiger partial charge >= 0.3 is 6.18 Å². The third-order valence-corrected chi connectivity index (χ3v) is 6.40. The fraction of sp³-hybridized carbons (Fsp3) is 0.360. The van der Waals surface area contributed by atoms with Crippen molar-refractivity contribution in [3.8, 4) is 5.75 Å². The maximum atomic E-state index is 13.0. The van der Waals surface area contributed by atoms with Crippen LogP contribution in [0.25, 0.3) is 10.9 Å². The molecule has 2 fully saturated rings. The minimum Gasteiger partial charge on any atom is -0.490 e. The van der Waals surface area contributed by atoms with E-state index in [4.69, 9.17) is 9.47 Å². The highest BCUT2D eigenvalue weighted by Crippen LogP contribution is 2.34. The van der Waals surface area contributed by atoms with Crippen LogP contribution in [0, 0.1) is 0 Å². The minimum absolute atomic E-state index is 0.0871. The van der Waals surface area contributed by atoms with E-state index in [-0.39, 0.29) is 30.7 Å². The molecule has 2 aliphatic heterocycles. The van der Waals surface area contributed by atoms with Crippen LogP contribution in [-0.4, -0.2) is 53.3 Å². The number of nitrogens with zero attached hydrogens (tertiary/aromatic N) is 2. The van der Waals surface area contributed by atoms with Gasteiger partial charge in [-0.05, 0) is 42.0 Å². The lowest BCUT2D eigenvalue weighted by Crippen LogP contribution is -2.46. The summed E-state index contributed by atoms with van der Waals surface area (Å²) < 4.78 is 50.2. The van der Waals surface area contributed by atoms with Gasteiger partial charge in [-0.3, -0.25) is 9.78 Å². The quantitative estimate of drug-likeness (QED) is 0.618. The van der Waals surface area contributed by atoms with E-state index in [0.717, 1.165) is 17.7 Å². The second kappa shape index (κ2) is 8.56. The number of piperidine rings is 1. The number of fused-ring (bicyclic) bond motifs is 1. The van der Waals surface area contributed by atoms with E-state index in [1.54, 1.807) is 35.2 Å². The van der Waals surface area contributed by atoms with Crippen molar-refractivity contribution in [3.63, 3.8) is 0 Å². The van der Waals surface area contributed by atoms with Gasteiger partial charge in [0.2, 0.25) is 0 Å². The van der Waals surface area contributed by atoms with E-state index in [9.17, 15) is 23.1 Å².